The monoisotopic (exact) mass is 422 g/mol. The lowest BCUT2D eigenvalue weighted by Gasteiger charge is -2.30. The quantitative estimate of drug-likeness (QED) is 0.676. The molecule has 0 spiro atoms. The summed E-state index contributed by atoms with van der Waals surface area (Å²) in [6.07, 6.45) is 1.49. The van der Waals surface area contributed by atoms with E-state index >= 15 is 0 Å². The molecule has 0 atom stereocenters. The topological polar surface area (TPSA) is 88.3 Å². The fraction of sp³-hybridized carbons (Fsp3) is 0.304. The van der Waals surface area contributed by atoms with Crippen LogP contribution >= 0.6 is 0 Å². The molecule has 1 aliphatic heterocycles. The minimum absolute atomic E-state index is 0.0660. The summed E-state index contributed by atoms with van der Waals surface area (Å²) in [6.45, 7) is 2.60. The van der Waals surface area contributed by atoms with E-state index in [0.717, 1.165) is 5.56 Å². The average Bonchev–Trinajstić information content (AvgIpc) is 3.26. The van der Waals surface area contributed by atoms with Gasteiger partial charge in [0.25, 0.3) is 0 Å². The van der Waals surface area contributed by atoms with Crippen molar-refractivity contribution in [2.75, 3.05) is 18.4 Å². The Balaban J connectivity index is 1.34. The third-order valence-electron chi connectivity index (χ3n) is 5.40. The van der Waals surface area contributed by atoms with Crippen molar-refractivity contribution >= 4 is 17.5 Å². The zero-order valence-corrected chi connectivity index (χ0v) is 17.2. The van der Waals surface area contributed by atoms with Crippen molar-refractivity contribution in [3.63, 3.8) is 0 Å². The van der Waals surface area contributed by atoms with Gasteiger partial charge < -0.3 is 14.7 Å². The summed E-state index contributed by atoms with van der Waals surface area (Å²) in [6, 6.07) is 13.6. The second-order valence-electron chi connectivity index (χ2n) is 7.64. The number of benzene rings is 2. The van der Waals surface area contributed by atoms with Crippen LogP contribution in [0.1, 0.15) is 37.1 Å². The summed E-state index contributed by atoms with van der Waals surface area (Å²) < 4.78 is 19.3. The van der Waals surface area contributed by atoms with Crippen LogP contribution in [0, 0.1) is 5.82 Å². The fourth-order valence-corrected chi connectivity index (χ4v) is 3.72. The van der Waals surface area contributed by atoms with Gasteiger partial charge in [-0.05, 0) is 48.7 Å². The van der Waals surface area contributed by atoms with Crippen molar-refractivity contribution in [3.8, 4) is 11.4 Å². The van der Waals surface area contributed by atoms with E-state index in [1.54, 1.807) is 35.2 Å². The Morgan fingerprint density at radius 2 is 1.84 bits per heavy atom. The lowest BCUT2D eigenvalue weighted by Crippen LogP contribution is -2.39. The Labute approximate surface area is 179 Å². The number of halogens is 1. The summed E-state index contributed by atoms with van der Waals surface area (Å²) in [5.74, 6) is 0.568. The smallest absolute Gasteiger partial charge is 0.230 e. The Kier molecular flexibility index (Phi) is 6.06. The molecule has 8 heteroatoms. The molecule has 31 heavy (non-hydrogen) atoms. The lowest BCUT2D eigenvalue weighted by molar-refractivity contribution is -0.131. The molecule has 0 bridgehead atoms. The zero-order valence-electron chi connectivity index (χ0n) is 17.2. The molecule has 2 aromatic carbocycles. The lowest BCUT2D eigenvalue weighted by atomic mass is 9.96. The van der Waals surface area contributed by atoms with Gasteiger partial charge in [-0.1, -0.05) is 23.4 Å². The third-order valence-corrected chi connectivity index (χ3v) is 5.40. The number of likely N-dealkylation sites (tertiary alicyclic amines) is 1. The molecule has 1 aromatic heterocycles. The summed E-state index contributed by atoms with van der Waals surface area (Å²) in [7, 11) is 0. The van der Waals surface area contributed by atoms with Gasteiger partial charge in [0, 0.05) is 37.2 Å². The van der Waals surface area contributed by atoms with E-state index in [-0.39, 0.29) is 30.0 Å². The van der Waals surface area contributed by atoms with Crippen molar-refractivity contribution in [1.82, 2.24) is 15.0 Å². The van der Waals surface area contributed by atoms with Gasteiger partial charge in [0.2, 0.25) is 23.5 Å². The number of carbonyl (C=O) groups is 2. The minimum Gasteiger partial charge on any atom is -0.342 e. The summed E-state index contributed by atoms with van der Waals surface area (Å²) >= 11 is 0. The van der Waals surface area contributed by atoms with Crippen molar-refractivity contribution in [3.05, 3.63) is 65.8 Å². The van der Waals surface area contributed by atoms with Gasteiger partial charge in [0.15, 0.2) is 0 Å². The van der Waals surface area contributed by atoms with Gasteiger partial charge in [0.05, 0.1) is 6.42 Å². The molecule has 7 nitrogen and oxygen atoms in total. The minimum atomic E-state index is -0.353. The van der Waals surface area contributed by atoms with E-state index in [2.05, 4.69) is 15.5 Å². The molecule has 2 amide bonds. The number of nitrogens with zero attached hydrogens (tertiary/aromatic N) is 3. The first-order valence-electron chi connectivity index (χ1n) is 10.2. The van der Waals surface area contributed by atoms with Crippen LogP contribution in [-0.2, 0) is 16.0 Å². The number of hydrogen-bond acceptors (Lipinski definition) is 5. The molecule has 1 saturated heterocycles. The Bertz CT molecular complexity index is 1070. The van der Waals surface area contributed by atoms with Crippen LogP contribution in [0.15, 0.2) is 53.1 Å². The highest BCUT2D eigenvalue weighted by atomic mass is 19.1. The van der Waals surface area contributed by atoms with Gasteiger partial charge in [-0.15, -0.1) is 0 Å². The van der Waals surface area contributed by atoms with Crippen LogP contribution < -0.4 is 5.32 Å². The van der Waals surface area contributed by atoms with Crippen LogP contribution in [0.2, 0.25) is 0 Å². The number of rotatable bonds is 5. The Morgan fingerprint density at radius 1 is 1.13 bits per heavy atom. The second-order valence-corrected chi connectivity index (χ2v) is 7.64. The molecule has 1 fully saturated rings. The largest absolute Gasteiger partial charge is 0.342 e. The molecule has 160 valence electrons. The van der Waals surface area contributed by atoms with Gasteiger partial charge in [-0.3, -0.25) is 9.59 Å². The molecule has 2 heterocycles. The SMILES string of the molecule is CC(=O)Nc1ccc(-c2noc(C3CCN(C(=O)Cc4ccccc4F)CC3)n2)cc1. The first-order chi connectivity index (χ1) is 15.0. The van der Waals surface area contributed by atoms with Gasteiger partial charge >= 0.3 is 0 Å². The predicted molar refractivity (Wildman–Crippen MR) is 113 cm³/mol. The summed E-state index contributed by atoms with van der Waals surface area (Å²) in [4.78, 5) is 29.9. The number of piperidine rings is 1. The normalized spacial score (nSPS) is 14.5. The van der Waals surface area contributed by atoms with Crippen molar-refractivity contribution in [2.24, 2.45) is 0 Å². The van der Waals surface area contributed by atoms with Crippen molar-refractivity contribution in [2.45, 2.75) is 32.1 Å². The molecule has 1 aliphatic rings. The fourth-order valence-electron chi connectivity index (χ4n) is 3.72. The average molecular weight is 422 g/mol. The van der Waals surface area contributed by atoms with E-state index in [4.69, 9.17) is 4.52 Å². The molecule has 0 radical (unpaired) electrons. The van der Waals surface area contributed by atoms with Crippen LogP contribution in [-0.4, -0.2) is 39.9 Å². The van der Waals surface area contributed by atoms with Gasteiger partial charge in [0.1, 0.15) is 5.82 Å². The molecule has 0 aliphatic carbocycles. The van der Waals surface area contributed by atoms with E-state index < -0.39 is 0 Å². The molecule has 1 N–H and O–H groups in total. The van der Waals surface area contributed by atoms with E-state index in [1.807, 2.05) is 12.1 Å². The standard InChI is InChI=1S/C23H23FN4O3/c1-15(29)25-19-8-6-16(7-9-19)22-26-23(31-27-22)17-10-12-28(13-11-17)21(30)14-18-4-2-3-5-20(18)24/h2-9,17H,10-14H2,1H3,(H,25,29). The summed E-state index contributed by atoms with van der Waals surface area (Å²) in [5.41, 5.74) is 1.91. The molecule has 0 unspecified atom stereocenters. The van der Waals surface area contributed by atoms with Crippen LogP contribution in [0.5, 0.6) is 0 Å². The van der Waals surface area contributed by atoms with E-state index in [0.29, 0.717) is 48.9 Å². The second kappa shape index (κ2) is 9.07. The van der Waals surface area contributed by atoms with Crippen molar-refractivity contribution in [1.29, 1.82) is 0 Å². The molecule has 4 rings (SSSR count). The highest BCUT2D eigenvalue weighted by Crippen LogP contribution is 2.29. The maximum atomic E-state index is 13.8. The van der Waals surface area contributed by atoms with Gasteiger partial charge in [-0.25, -0.2) is 4.39 Å². The van der Waals surface area contributed by atoms with Crippen LogP contribution in [0.4, 0.5) is 10.1 Å². The predicted octanol–water partition coefficient (Wildman–Crippen LogP) is 3.78. The van der Waals surface area contributed by atoms with Crippen molar-refractivity contribution < 1.29 is 18.5 Å². The third kappa shape index (κ3) is 4.96. The number of hydrogen-bond donors (Lipinski definition) is 1. The van der Waals surface area contributed by atoms with Gasteiger partial charge in [-0.2, -0.15) is 4.98 Å². The number of carbonyl (C=O) groups excluding carboxylic acids is 2. The Morgan fingerprint density at radius 3 is 2.52 bits per heavy atom. The van der Waals surface area contributed by atoms with E-state index in [1.165, 1.54) is 13.0 Å². The van der Waals surface area contributed by atoms with Crippen LogP contribution in [0.3, 0.4) is 0 Å². The van der Waals surface area contributed by atoms with E-state index in [9.17, 15) is 14.0 Å². The Hall–Kier alpha value is -3.55. The molecule has 3 aromatic rings. The highest BCUT2D eigenvalue weighted by Gasteiger charge is 2.28. The maximum absolute atomic E-state index is 13.8. The highest BCUT2D eigenvalue weighted by molar-refractivity contribution is 5.88. The molecule has 0 saturated carbocycles. The maximum Gasteiger partial charge on any atom is 0.230 e. The number of anilines is 1. The summed E-state index contributed by atoms with van der Waals surface area (Å²) in [5, 5.41) is 6.79. The van der Waals surface area contributed by atoms with Crippen LogP contribution in [0.25, 0.3) is 11.4 Å². The molecular formula is C23H23FN4O3. The molecular weight excluding hydrogens is 399 g/mol. The zero-order chi connectivity index (χ0) is 21.8. The number of nitrogens with one attached hydrogen (secondary N) is 1. The first kappa shape index (κ1) is 20.7. The number of aromatic nitrogens is 2. The number of amides is 2. The first-order valence-corrected chi connectivity index (χ1v) is 10.2.